The number of likely N-dealkylation sites (tertiary alicyclic amines) is 1. The number of amides is 1. The minimum atomic E-state index is 0.0531. The molecule has 0 aromatic heterocycles. The third-order valence-electron chi connectivity index (χ3n) is 5.52. The van der Waals surface area contributed by atoms with Gasteiger partial charge in [-0.2, -0.15) is 0 Å². The van der Waals surface area contributed by atoms with E-state index in [-0.39, 0.29) is 18.6 Å². The van der Waals surface area contributed by atoms with Gasteiger partial charge < -0.3 is 14.4 Å². The van der Waals surface area contributed by atoms with Crippen molar-refractivity contribution in [2.24, 2.45) is 5.92 Å². The lowest BCUT2D eigenvalue weighted by atomic mass is 9.93. The number of ether oxygens (including phenoxy) is 2. The lowest BCUT2D eigenvalue weighted by molar-refractivity contribution is -0.124. The minimum absolute atomic E-state index is 0.0531. The number of anilines is 1. The second-order valence-electron chi connectivity index (χ2n) is 7.32. The first-order valence-electron chi connectivity index (χ1n) is 9.55. The zero-order valence-electron chi connectivity index (χ0n) is 15.7. The number of hydrogen-bond acceptors (Lipinski definition) is 4. The van der Waals surface area contributed by atoms with Gasteiger partial charge in [0.15, 0.2) is 0 Å². The highest BCUT2D eigenvalue weighted by Crippen LogP contribution is 2.28. The van der Waals surface area contributed by atoms with Gasteiger partial charge in [0, 0.05) is 37.8 Å². The molecule has 0 N–H and O–H groups in total. The molecule has 27 heavy (non-hydrogen) atoms. The first-order valence-corrected chi connectivity index (χ1v) is 9.55. The smallest absolute Gasteiger partial charge is 0.252 e. The summed E-state index contributed by atoms with van der Waals surface area (Å²) < 4.78 is 11.2. The zero-order chi connectivity index (χ0) is 18.6. The van der Waals surface area contributed by atoms with Crippen LogP contribution in [0.5, 0.6) is 5.75 Å². The Kier molecular flexibility index (Phi) is 5.41. The number of carbonyl (C=O) groups excluding carboxylic acids is 1. The summed E-state index contributed by atoms with van der Waals surface area (Å²) in [5.74, 6) is 1.26. The summed E-state index contributed by atoms with van der Waals surface area (Å²) in [4.78, 5) is 16.9. The molecule has 2 aliphatic rings. The van der Waals surface area contributed by atoms with Crippen LogP contribution in [0.3, 0.4) is 0 Å². The van der Waals surface area contributed by atoms with Crippen molar-refractivity contribution in [2.75, 3.05) is 38.3 Å². The van der Waals surface area contributed by atoms with Gasteiger partial charge in [0.05, 0.1) is 13.2 Å². The van der Waals surface area contributed by atoms with E-state index in [1.54, 1.807) is 7.11 Å². The van der Waals surface area contributed by atoms with Crippen molar-refractivity contribution in [2.45, 2.75) is 19.1 Å². The number of piperidine rings is 1. The molecule has 4 rings (SSSR count). The summed E-state index contributed by atoms with van der Waals surface area (Å²) in [5.41, 5.74) is 2.24. The second-order valence-corrected chi connectivity index (χ2v) is 7.32. The van der Waals surface area contributed by atoms with Crippen LogP contribution in [0.15, 0.2) is 54.6 Å². The van der Waals surface area contributed by atoms with Gasteiger partial charge >= 0.3 is 0 Å². The number of carbonyl (C=O) groups is 1. The third-order valence-corrected chi connectivity index (χ3v) is 5.52. The topological polar surface area (TPSA) is 42.0 Å². The van der Waals surface area contributed by atoms with Gasteiger partial charge in [0.1, 0.15) is 12.4 Å². The molecule has 2 fully saturated rings. The molecule has 0 spiro atoms. The van der Waals surface area contributed by atoms with Crippen molar-refractivity contribution in [3.63, 3.8) is 0 Å². The van der Waals surface area contributed by atoms with Crippen LogP contribution in [-0.2, 0) is 16.1 Å². The summed E-state index contributed by atoms with van der Waals surface area (Å²) in [6.45, 7) is 3.73. The van der Waals surface area contributed by atoms with Gasteiger partial charge in [-0.15, -0.1) is 0 Å². The molecule has 0 aliphatic carbocycles. The second kappa shape index (κ2) is 8.11. The fourth-order valence-corrected chi connectivity index (χ4v) is 4.06. The number of nitrogens with zero attached hydrogens (tertiary/aromatic N) is 2. The standard InChI is InChI=1S/C22H26N2O3/c1-26-20-9-7-17(8-10-20)13-23-12-11-21-18(14-23)15-24(22(25)16-27-21)19-5-3-2-4-6-19/h2-10,18,21H,11-16H2,1H3/t18-,21+/m1/s1. The minimum Gasteiger partial charge on any atom is -0.497 e. The Morgan fingerprint density at radius 2 is 1.85 bits per heavy atom. The molecular formula is C22H26N2O3. The number of methoxy groups -OCH3 is 1. The maximum atomic E-state index is 12.6. The van der Waals surface area contributed by atoms with E-state index in [1.165, 1.54) is 5.56 Å². The Balaban J connectivity index is 1.45. The van der Waals surface area contributed by atoms with Crippen LogP contribution in [0.1, 0.15) is 12.0 Å². The Bertz CT molecular complexity index is 763. The molecule has 142 valence electrons. The highest BCUT2D eigenvalue weighted by Gasteiger charge is 2.36. The predicted molar refractivity (Wildman–Crippen MR) is 105 cm³/mol. The Hall–Kier alpha value is -2.37. The molecule has 0 bridgehead atoms. The molecule has 5 heteroatoms. The van der Waals surface area contributed by atoms with Crippen molar-refractivity contribution in [1.82, 2.24) is 4.90 Å². The fraction of sp³-hybridized carbons (Fsp3) is 0.409. The number of rotatable bonds is 4. The molecular weight excluding hydrogens is 340 g/mol. The normalized spacial score (nSPS) is 23.6. The van der Waals surface area contributed by atoms with Gasteiger partial charge in [0.25, 0.3) is 5.91 Å². The van der Waals surface area contributed by atoms with E-state index in [2.05, 4.69) is 17.0 Å². The van der Waals surface area contributed by atoms with Gasteiger partial charge in [-0.1, -0.05) is 30.3 Å². The Morgan fingerprint density at radius 1 is 1.07 bits per heavy atom. The van der Waals surface area contributed by atoms with Gasteiger partial charge in [-0.3, -0.25) is 9.69 Å². The Labute approximate surface area is 160 Å². The summed E-state index contributed by atoms with van der Waals surface area (Å²) in [5, 5.41) is 0. The molecule has 2 aliphatic heterocycles. The first kappa shape index (κ1) is 18.0. The van der Waals surface area contributed by atoms with Crippen molar-refractivity contribution in [1.29, 1.82) is 0 Å². The molecule has 2 aromatic rings. The maximum absolute atomic E-state index is 12.6. The van der Waals surface area contributed by atoms with Crippen LogP contribution in [0.4, 0.5) is 5.69 Å². The SMILES string of the molecule is COc1ccc(CN2CC[C@@H]3OCC(=O)N(c4ccccc4)C[C@H]3C2)cc1. The number of fused-ring (bicyclic) bond motifs is 1. The molecule has 1 amide bonds. The van der Waals surface area contributed by atoms with E-state index in [4.69, 9.17) is 9.47 Å². The van der Waals surface area contributed by atoms with Crippen LogP contribution < -0.4 is 9.64 Å². The van der Waals surface area contributed by atoms with E-state index in [0.29, 0.717) is 12.5 Å². The first-order chi connectivity index (χ1) is 13.2. The van der Waals surface area contributed by atoms with Crippen molar-refractivity contribution >= 4 is 11.6 Å². The van der Waals surface area contributed by atoms with Crippen molar-refractivity contribution in [3.8, 4) is 5.75 Å². The van der Waals surface area contributed by atoms with Crippen LogP contribution in [-0.4, -0.2) is 50.3 Å². The molecule has 2 saturated heterocycles. The average Bonchev–Trinajstić information content (AvgIpc) is 2.88. The molecule has 2 atom stereocenters. The highest BCUT2D eigenvalue weighted by atomic mass is 16.5. The van der Waals surface area contributed by atoms with E-state index in [9.17, 15) is 4.79 Å². The molecule has 2 heterocycles. The van der Waals surface area contributed by atoms with Crippen LogP contribution in [0.2, 0.25) is 0 Å². The van der Waals surface area contributed by atoms with Gasteiger partial charge in [-0.05, 0) is 36.2 Å². The number of hydrogen-bond donors (Lipinski definition) is 0. The molecule has 2 aromatic carbocycles. The largest absolute Gasteiger partial charge is 0.497 e. The summed E-state index contributed by atoms with van der Waals surface area (Å²) in [6, 6.07) is 18.2. The van der Waals surface area contributed by atoms with Crippen LogP contribution in [0, 0.1) is 5.92 Å². The highest BCUT2D eigenvalue weighted by molar-refractivity contribution is 5.94. The molecule has 0 radical (unpaired) electrons. The van der Waals surface area contributed by atoms with Gasteiger partial charge in [-0.25, -0.2) is 0 Å². The number of benzene rings is 2. The quantitative estimate of drug-likeness (QED) is 0.834. The lowest BCUT2D eigenvalue weighted by Gasteiger charge is -2.38. The van der Waals surface area contributed by atoms with Crippen LogP contribution in [0.25, 0.3) is 0 Å². The fourth-order valence-electron chi connectivity index (χ4n) is 4.06. The number of para-hydroxylation sites is 1. The monoisotopic (exact) mass is 366 g/mol. The summed E-state index contributed by atoms with van der Waals surface area (Å²) in [7, 11) is 1.69. The molecule has 5 nitrogen and oxygen atoms in total. The zero-order valence-corrected chi connectivity index (χ0v) is 15.7. The van der Waals surface area contributed by atoms with E-state index in [0.717, 1.165) is 37.5 Å². The average molecular weight is 366 g/mol. The van der Waals surface area contributed by atoms with Crippen molar-refractivity contribution < 1.29 is 14.3 Å². The lowest BCUT2D eigenvalue weighted by Crippen LogP contribution is -2.47. The summed E-state index contributed by atoms with van der Waals surface area (Å²) >= 11 is 0. The predicted octanol–water partition coefficient (Wildman–Crippen LogP) is 2.95. The van der Waals surface area contributed by atoms with Gasteiger partial charge in [0.2, 0.25) is 0 Å². The van der Waals surface area contributed by atoms with E-state index < -0.39 is 0 Å². The summed E-state index contributed by atoms with van der Waals surface area (Å²) in [6.07, 6.45) is 1.13. The van der Waals surface area contributed by atoms with Crippen LogP contribution >= 0.6 is 0 Å². The Morgan fingerprint density at radius 3 is 2.59 bits per heavy atom. The van der Waals surface area contributed by atoms with E-state index in [1.807, 2.05) is 47.4 Å². The van der Waals surface area contributed by atoms with E-state index >= 15 is 0 Å². The molecule has 0 saturated carbocycles. The molecule has 0 unspecified atom stereocenters. The third kappa shape index (κ3) is 4.15. The van der Waals surface area contributed by atoms with Crippen molar-refractivity contribution in [3.05, 3.63) is 60.2 Å². The maximum Gasteiger partial charge on any atom is 0.252 e.